The zero-order valence-electron chi connectivity index (χ0n) is 12.4. The van der Waals surface area contributed by atoms with Crippen LogP contribution in [-0.2, 0) is 9.59 Å². The lowest BCUT2D eigenvalue weighted by Crippen LogP contribution is -2.47. The summed E-state index contributed by atoms with van der Waals surface area (Å²) in [5, 5.41) is 11.0. The molecule has 1 rings (SSSR count). The van der Waals surface area contributed by atoms with Gasteiger partial charge in [-0.25, -0.2) is 13.6 Å². The Kier molecular flexibility index (Phi) is 6.44. The van der Waals surface area contributed by atoms with Crippen molar-refractivity contribution in [3.05, 3.63) is 34.4 Å². The van der Waals surface area contributed by atoms with Crippen LogP contribution >= 0.6 is 11.6 Å². The van der Waals surface area contributed by atoms with Gasteiger partial charge in [-0.1, -0.05) is 11.6 Å². The molecule has 0 aliphatic rings. The molecule has 1 aromatic rings. The summed E-state index contributed by atoms with van der Waals surface area (Å²) >= 11 is 5.42. The van der Waals surface area contributed by atoms with Crippen LogP contribution in [0.15, 0.2) is 12.1 Å². The Balaban J connectivity index is 3.10. The van der Waals surface area contributed by atoms with E-state index >= 15 is 0 Å². The van der Waals surface area contributed by atoms with E-state index < -0.39 is 40.1 Å². The molecule has 1 atom stereocenters. The molecule has 2 N–H and O–H groups in total. The van der Waals surface area contributed by atoms with E-state index in [1.807, 2.05) is 0 Å². The van der Waals surface area contributed by atoms with Crippen LogP contribution in [0.3, 0.4) is 0 Å². The van der Waals surface area contributed by atoms with Gasteiger partial charge in [-0.2, -0.15) is 0 Å². The number of hydrogen-bond donors (Lipinski definition) is 2. The Morgan fingerprint density at radius 3 is 2.43 bits per heavy atom. The maximum Gasteiger partial charge on any atom is 0.326 e. The summed E-state index contributed by atoms with van der Waals surface area (Å²) < 4.78 is 27.3. The highest BCUT2D eigenvalue weighted by Gasteiger charge is 2.28. The number of nitrogens with one attached hydrogen (secondary N) is 1. The smallest absolute Gasteiger partial charge is 0.326 e. The zero-order valence-corrected chi connectivity index (χ0v) is 13.2. The predicted molar refractivity (Wildman–Crippen MR) is 78.2 cm³/mol. The lowest BCUT2D eigenvalue weighted by atomic mass is 10.1. The molecule has 1 aromatic carbocycles. The van der Waals surface area contributed by atoms with Gasteiger partial charge < -0.3 is 15.3 Å². The first-order valence-electron chi connectivity index (χ1n) is 6.58. The van der Waals surface area contributed by atoms with E-state index in [1.165, 1.54) is 13.8 Å². The van der Waals surface area contributed by atoms with Gasteiger partial charge in [0.15, 0.2) is 0 Å². The Morgan fingerprint density at radius 2 is 1.91 bits per heavy atom. The van der Waals surface area contributed by atoms with Crippen LogP contribution in [-0.4, -0.2) is 46.9 Å². The summed E-state index contributed by atoms with van der Waals surface area (Å²) in [5.74, 6) is -4.77. The molecule has 0 bridgehead atoms. The van der Waals surface area contributed by atoms with Gasteiger partial charge in [-0.3, -0.25) is 9.59 Å². The third-order valence-corrected chi connectivity index (χ3v) is 3.34. The molecule has 2 amide bonds. The molecule has 0 aromatic heterocycles. The third kappa shape index (κ3) is 4.88. The number of carbonyl (C=O) groups excluding carboxylic acids is 2. The van der Waals surface area contributed by atoms with Gasteiger partial charge in [0.25, 0.3) is 5.91 Å². The van der Waals surface area contributed by atoms with E-state index in [4.69, 9.17) is 16.7 Å². The van der Waals surface area contributed by atoms with E-state index in [2.05, 4.69) is 5.32 Å². The lowest BCUT2D eigenvalue weighted by molar-refractivity contribution is -0.141. The minimum Gasteiger partial charge on any atom is -0.480 e. The summed E-state index contributed by atoms with van der Waals surface area (Å²) in [6.07, 6.45) is 0. The highest BCUT2D eigenvalue weighted by molar-refractivity contribution is 6.30. The summed E-state index contributed by atoms with van der Waals surface area (Å²) in [5.41, 5.74) is -0.636. The van der Waals surface area contributed by atoms with Crippen molar-refractivity contribution in [3.63, 3.8) is 0 Å². The monoisotopic (exact) mass is 348 g/mol. The van der Waals surface area contributed by atoms with Crippen LogP contribution in [0.2, 0.25) is 5.02 Å². The van der Waals surface area contributed by atoms with Crippen molar-refractivity contribution in [2.24, 2.45) is 0 Å². The average Bonchev–Trinajstić information content (AvgIpc) is 2.45. The molecule has 23 heavy (non-hydrogen) atoms. The van der Waals surface area contributed by atoms with Gasteiger partial charge in [-0.15, -0.1) is 0 Å². The van der Waals surface area contributed by atoms with Crippen LogP contribution < -0.4 is 5.32 Å². The van der Waals surface area contributed by atoms with Gasteiger partial charge in [0.05, 0.1) is 10.6 Å². The fraction of sp³-hybridized carbons (Fsp3) is 0.357. The number of rotatable bonds is 6. The maximum absolute atomic E-state index is 13.8. The van der Waals surface area contributed by atoms with Gasteiger partial charge in [0, 0.05) is 20.0 Å². The second kappa shape index (κ2) is 7.87. The van der Waals surface area contributed by atoms with E-state index in [0.717, 1.165) is 4.90 Å². The van der Waals surface area contributed by atoms with Crippen molar-refractivity contribution in [3.8, 4) is 0 Å². The molecule has 0 heterocycles. The van der Waals surface area contributed by atoms with Crippen molar-refractivity contribution < 1.29 is 28.3 Å². The largest absolute Gasteiger partial charge is 0.480 e. The molecular formula is C14H15ClF2N2O4. The molecule has 0 aliphatic carbocycles. The predicted octanol–water partition coefficient (Wildman–Crippen LogP) is 1.67. The molecule has 0 saturated carbocycles. The first-order valence-corrected chi connectivity index (χ1v) is 6.95. The number of carboxylic acid groups (broad SMARTS) is 1. The molecule has 0 radical (unpaired) electrons. The summed E-state index contributed by atoms with van der Waals surface area (Å²) in [7, 11) is 0. The minimum absolute atomic E-state index is 0.0314. The summed E-state index contributed by atoms with van der Waals surface area (Å²) in [6.45, 7) is 2.26. The second-order valence-electron chi connectivity index (χ2n) is 4.74. The van der Waals surface area contributed by atoms with E-state index in [1.54, 1.807) is 0 Å². The number of aliphatic carboxylic acids is 1. The molecular weight excluding hydrogens is 334 g/mol. The molecule has 0 saturated heterocycles. The van der Waals surface area contributed by atoms with Gasteiger partial charge in [0.2, 0.25) is 5.91 Å². The van der Waals surface area contributed by atoms with Crippen molar-refractivity contribution in [1.29, 1.82) is 0 Å². The summed E-state index contributed by atoms with van der Waals surface area (Å²) in [4.78, 5) is 35.1. The van der Waals surface area contributed by atoms with Crippen molar-refractivity contribution in [2.45, 2.75) is 19.9 Å². The molecule has 6 nitrogen and oxygen atoms in total. The Labute approximate surface area is 136 Å². The number of halogens is 3. The topological polar surface area (TPSA) is 86.7 Å². The zero-order chi connectivity index (χ0) is 17.7. The number of amides is 2. The quantitative estimate of drug-likeness (QED) is 0.766. The second-order valence-corrected chi connectivity index (χ2v) is 5.15. The van der Waals surface area contributed by atoms with Gasteiger partial charge in [-0.05, 0) is 19.1 Å². The standard InChI is InChI=1S/C14H15ClF2N2O4/c1-7(14(22)23)19(4-3-18-8(2)20)13(21)9-5-12(17)10(15)6-11(9)16/h5-7H,3-4H2,1-2H3,(H,18,20)(H,22,23). The van der Waals surface area contributed by atoms with Crippen LogP contribution in [0.1, 0.15) is 24.2 Å². The van der Waals surface area contributed by atoms with Crippen molar-refractivity contribution >= 4 is 29.4 Å². The fourth-order valence-electron chi connectivity index (χ4n) is 1.80. The maximum atomic E-state index is 13.8. The molecule has 0 aliphatic heterocycles. The SMILES string of the molecule is CC(=O)NCCN(C(=O)c1cc(F)c(Cl)cc1F)C(C)C(=O)O. The first-order chi connectivity index (χ1) is 10.6. The van der Waals surface area contributed by atoms with E-state index in [0.29, 0.717) is 12.1 Å². The van der Waals surface area contributed by atoms with Gasteiger partial charge >= 0.3 is 5.97 Å². The molecule has 0 spiro atoms. The lowest BCUT2D eigenvalue weighted by Gasteiger charge is -2.27. The van der Waals surface area contributed by atoms with E-state index in [9.17, 15) is 23.2 Å². The molecule has 1 unspecified atom stereocenters. The first kappa shape index (κ1) is 18.8. The van der Waals surface area contributed by atoms with Crippen LogP contribution in [0.5, 0.6) is 0 Å². The fourth-order valence-corrected chi connectivity index (χ4v) is 1.95. The summed E-state index contributed by atoms with van der Waals surface area (Å²) in [6, 6.07) is -0.0453. The highest BCUT2D eigenvalue weighted by atomic mass is 35.5. The molecule has 0 fully saturated rings. The molecule has 9 heteroatoms. The van der Waals surface area contributed by atoms with Gasteiger partial charge in [0.1, 0.15) is 17.7 Å². The number of carbonyl (C=O) groups is 3. The van der Waals surface area contributed by atoms with Crippen LogP contribution in [0, 0.1) is 11.6 Å². The third-order valence-electron chi connectivity index (χ3n) is 3.05. The van der Waals surface area contributed by atoms with Crippen LogP contribution in [0.25, 0.3) is 0 Å². The van der Waals surface area contributed by atoms with Crippen molar-refractivity contribution in [1.82, 2.24) is 10.2 Å². The number of benzene rings is 1. The highest BCUT2D eigenvalue weighted by Crippen LogP contribution is 2.21. The van der Waals surface area contributed by atoms with E-state index in [-0.39, 0.29) is 19.0 Å². The number of nitrogens with zero attached hydrogens (tertiary/aromatic N) is 1. The van der Waals surface area contributed by atoms with Crippen molar-refractivity contribution in [2.75, 3.05) is 13.1 Å². The minimum atomic E-state index is -1.32. The number of carboxylic acids is 1. The van der Waals surface area contributed by atoms with Crippen LogP contribution in [0.4, 0.5) is 8.78 Å². The Morgan fingerprint density at radius 1 is 1.30 bits per heavy atom. The normalized spacial score (nSPS) is 11.7. The molecule has 126 valence electrons. The Bertz CT molecular complexity index is 639. The number of hydrogen-bond acceptors (Lipinski definition) is 3. The average molecular weight is 349 g/mol. The Hall–Kier alpha value is -2.22.